The van der Waals surface area contributed by atoms with Crippen molar-refractivity contribution in [2.45, 2.75) is 31.7 Å². The van der Waals surface area contributed by atoms with Gasteiger partial charge in [0.1, 0.15) is 6.04 Å². The molecule has 3 aliphatic rings. The van der Waals surface area contributed by atoms with Crippen LogP contribution in [-0.4, -0.2) is 58.8 Å². The van der Waals surface area contributed by atoms with Crippen molar-refractivity contribution >= 4 is 23.6 Å². The average Bonchev–Trinajstić information content (AvgIpc) is 2.87. The zero-order valence-electron chi connectivity index (χ0n) is 10.6. The molecule has 0 saturated carbocycles. The van der Waals surface area contributed by atoms with Gasteiger partial charge in [-0.05, 0) is 43.1 Å². The van der Waals surface area contributed by atoms with Crippen LogP contribution in [-0.2, 0) is 9.59 Å². The number of thioether (sulfide) groups is 1. The third-order valence-corrected chi connectivity index (χ3v) is 5.36. The van der Waals surface area contributed by atoms with Crippen molar-refractivity contribution in [3.63, 3.8) is 0 Å². The summed E-state index contributed by atoms with van der Waals surface area (Å²) >= 11 is 2.00. The molecule has 0 spiro atoms. The van der Waals surface area contributed by atoms with Crippen LogP contribution in [0.4, 0.5) is 0 Å². The number of rotatable bonds is 2. The maximum atomic E-state index is 12.4. The zero-order valence-corrected chi connectivity index (χ0v) is 11.5. The lowest BCUT2D eigenvalue weighted by atomic mass is 10.0. The Kier molecular flexibility index (Phi) is 3.50. The third kappa shape index (κ3) is 2.25. The van der Waals surface area contributed by atoms with Gasteiger partial charge in [0.05, 0.1) is 6.54 Å². The maximum Gasteiger partial charge on any atom is 0.245 e. The number of nitrogens with zero attached hydrogens (tertiary/aromatic N) is 2. The van der Waals surface area contributed by atoms with Gasteiger partial charge in [0.2, 0.25) is 11.8 Å². The summed E-state index contributed by atoms with van der Waals surface area (Å²) in [5, 5.41) is 0. The van der Waals surface area contributed by atoms with E-state index in [1.54, 1.807) is 4.90 Å². The summed E-state index contributed by atoms with van der Waals surface area (Å²) in [5.74, 6) is 3.37. The van der Waals surface area contributed by atoms with Crippen LogP contribution in [0.15, 0.2) is 0 Å². The summed E-state index contributed by atoms with van der Waals surface area (Å²) in [7, 11) is 0. The predicted molar refractivity (Wildman–Crippen MR) is 71.4 cm³/mol. The van der Waals surface area contributed by atoms with Crippen molar-refractivity contribution in [3.05, 3.63) is 0 Å². The second-order valence-electron chi connectivity index (χ2n) is 5.52. The third-order valence-electron chi connectivity index (χ3n) is 4.32. The van der Waals surface area contributed by atoms with E-state index >= 15 is 0 Å². The molecule has 3 saturated heterocycles. The first-order valence-corrected chi connectivity index (χ1v) is 8.07. The average molecular weight is 268 g/mol. The molecule has 3 heterocycles. The number of hydrogen-bond donors (Lipinski definition) is 0. The number of carbonyl (C=O) groups excluding carboxylic acids is 2. The van der Waals surface area contributed by atoms with Gasteiger partial charge in [-0.1, -0.05) is 0 Å². The lowest BCUT2D eigenvalue weighted by Gasteiger charge is -2.38. The largest absolute Gasteiger partial charge is 0.331 e. The Morgan fingerprint density at radius 1 is 1.17 bits per heavy atom. The van der Waals surface area contributed by atoms with Crippen molar-refractivity contribution in [1.82, 2.24) is 9.80 Å². The molecule has 0 aliphatic carbocycles. The van der Waals surface area contributed by atoms with E-state index in [4.69, 9.17) is 0 Å². The maximum absolute atomic E-state index is 12.4. The van der Waals surface area contributed by atoms with E-state index in [0.29, 0.717) is 12.5 Å². The SMILES string of the molecule is O=C1C2CCCN2C(=O)CN1CC1CCSCC1. The monoisotopic (exact) mass is 268 g/mol. The van der Waals surface area contributed by atoms with Crippen LogP contribution < -0.4 is 0 Å². The van der Waals surface area contributed by atoms with E-state index in [-0.39, 0.29) is 17.9 Å². The van der Waals surface area contributed by atoms with Gasteiger partial charge in [-0.2, -0.15) is 11.8 Å². The van der Waals surface area contributed by atoms with Crippen LogP contribution in [0.25, 0.3) is 0 Å². The highest BCUT2D eigenvalue weighted by Gasteiger charge is 2.42. The lowest BCUT2D eigenvalue weighted by Crippen LogP contribution is -2.58. The number of piperazine rings is 1. The second kappa shape index (κ2) is 5.11. The Morgan fingerprint density at radius 3 is 2.72 bits per heavy atom. The molecule has 0 bridgehead atoms. The minimum atomic E-state index is -0.135. The molecule has 0 aromatic heterocycles. The molecule has 2 amide bonds. The quantitative estimate of drug-likeness (QED) is 0.749. The van der Waals surface area contributed by atoms with Gasteiger partial charge in [0.25, 0.3) is 0 Å². The van der Waals surface area contributed by atoms with Gasteiger partial charge in [0.15, 0.2) is 0 Å². The Labute approximate surface area is 112 Å². The Hall–Kier alpha value is -0.710. The smallest absolute Gasteiger partial charge is 0.245 e. The number of amides is 2. The van der Waals surface area contributed by atoms with Gasteiger partial charge < -0.3 is 9.80 Å². The molecule has 0 aromatic rings. The molecule has 4 nitrogen and oxygen atoms in total. The first-order chi connectivity index (χ1) is 8.75. The normalized spacial score (nSPS) is 29.9. The highest BCUT2D eigenvalue weighted by Crippen LogP contribution is 2.27. The van der Waals surface area contributed by atoms with Gasteiger partial charge in [-0.15, -0.1) is 0 Å². The molecular formula is C13H20N2O2S. The summed E-state index contributed by atoms with van der Waals surface area (Å²) in [6.45, 7) is 1.90. The topological polar surface area (TPSA) is 40.6 Å². The van der Waals surface area contributed by atoms with Crippen molar-refractivity contribution in [3.8, 4) is 0 Å². The fourth-order valence-electron chi connectivity index (χ4n) is 3.26. The van der Waals surface area contributed by atoms with E-state index in [9.17, 15) is 9.59 Å². The zero-order chi connectivity index (χ0) is 12.5. The summed E-state index contributed by atoms with van der Waals surface area (Å²) in [6.07, 6.45) is 4.23. The van der Waals surface area contributed by atoms with Crippen LogP contribution in [0.5, 0.6) is 0 Å². The lowest BCUT2D eigenvalue weighted by molar-refractivity contribution is -0.154. The van der Waals surface area contributed by atoms with Gasteiger partial charge in [-0.25, -0.2) is 0 Å². The predicted octanol–water partition coefficient (Wildman–Crippen LogP) is 0.963. The van der Waals surface area contributed by atoms with Crippen LogP contribution in [0.1, 0.15) is 25.7 Å². The van der Waals surface area contributed by atoms with Gasteiger partial charge >= 0.3 is 0 Å². The summed E-state index contributed by atoms with van der Waals surface area (Å²) in [5.41, 5.74) is 0. The van der Waals surface area contributed by atoms with Crippen molar-refractivity contribution in [1.29, 1.82) is 0 Å². The molecule has 5 heteroatoms. The second-order valence-corrected chi connectivity index (χ2v) is 6.74. The summed E-state index contributed by atoms with van der Waals surface area (Å²) in [4.78, 5) is 28.0. The first kappa shape index (κ1) is 12.3. The molecule has 18 heavy (non-hydrogen) atoms. The van der Waals surface area contributed by atoms with E-state index in [2.05, 4.69) is 0 Å². The Balaban J connectivity index is 1.65. The molecule has 3 aliphatic heterocycles. The van der Waals surface area contributed by atoms with E-state index in [1.165, 1.54) is 24.3 Å². The van der Waals surface area contributed by atoms with E-state index in [1.807, 2.05) is 16.7 Å². The molecule has 1 atom stereocenters. The summed E-state index contributed by atoms with van der Waals surface area (Å²) < 4.78 is 0. The minimum Gasteiger partial charge on any atom is -0.331 e. The molecule has 0 radical (unpaired) electrons. The number of fused-ring (bicyclic) bond motifs is 1. The molecule has 100 valence electrons. The van der Waals surface area contributed by atoms with Crippen LogP contribution in [0, 0.1) is 5.92 Å². The molecule has 3 fully saturated rings. The fourth-order valence-corrected chi connectivity index (χ4v) is 4.46. The summed E-state index contributed by atoms with van der Waals surface area (Å²) in [6, 6.07) is -0.135. The molecule has 3 rings (SSSR count). The molecular weight excluding hydrogens is 248 g/mol. The Morgan fingerprint density at radius 2 is 1.94 bits per heavy atom. The minimum absolute atomic E-state index is 0.135. The van der Waals surface area contributed by atoms with E-state index in [0.717, 1.165) is 25.9 Å². The van der Waals surface area contributed by atoms with Crippen LogP contribution in [0.3, 0.4) is 0 Å². The fraction of sp³-hybridized carbons (Fsp3) is 0.846. The van der Waals surface area contributed by atoms with E-state index < -0.39 is 0 Å². The highest BCUT2D eigenvalue weighted by molar-refractivity contribution is 7.99. The molecule has 1 unspecified atom stereocenters. The number of carbonyl (C=O) groups is 2. The van der Waals surface area contributed by atoms with Gasteiger partial charge in [0, 0.05) is 13.1 Å². The van der Waals surface area contributed by atoms with Crippen molar-refractivity contribution in [2.24, 2.45) is 5.92 Å². The highest BCUT2D eigenvalue weighted by atomic mass is 32.2. The first-order valence-electron chi connectivity index (χ1n) is 6.91. The van der Waals surface area contributed by atoms with Crippen molar-refractivity contribution in [2.75, 3.05) is 31.1 Å². The van der Waals surface area contributed by atoms with Gasteiger partial charge in [-0.3, -0.25) is 9.59 Å². The molecule has 0 aromatic carbocycles. The number of hydrogen-bond acceptors (Lipinski definition) is 3. The Bertz CT molecular complexity index is 355. The van der Waals surface area contributed by atoms with Crippen LogP contribution >= 0.6 is 11.8 Å². The molecule has 0 N–H and O–H groups in total. The standard InChI is InChI=1S/C13H20N2O2S/c16-12-9-14(8-10-3-6-18-7-4-10)13(17)11-2-1-5-15(11)12/h10-11H,1-9H2. The van der Waals surface area contributed by atoms with Crippen LogP contribution in [0.2, 0.25) is 0 Å². The van der Waals surface area contributed by atoms with Crippen molar-refractivity contribution < 1.29 is 9.59 Å².